The minimum absolute atomic E-state index is 0.508. The Hall–Kier alpha value is -3.22. The molecule has 0 atom stereocenters. The average Bonchev–Trinajstić information content (AvgIpc) is 3.49. The van der Waals surface area contributed by atoms with Crippen LogP contribution in [0.4, 0.5) is 11.4 Å². The molecule has 6 heteroatoms. The fraction of sp³-hybridized carbons (Fsp3) is 0.200. The first-order valence-electron chi connectivity index (χ1n) is 10.3. The van der Waals surface area contributed by atoms with Gasteiger partial charge in [0, 0.05) is 23.8 Å². The van der Waals surface area contributed by atoms with Crippen LogP contribution in [0.5, 0.6) is 0 Å². The highest BCUT2D eigenvalue weighted by atomic mass is 32.1. The lowest BCUT2D eigenvalue weighted by atomic mass is 9.99. The largest absolute Gasteiger partial charge is 0.480 e. The Kier molecular flexibility index (Phi) is 4.96. The zero-order valence-corrected chi connectivity index (χ0v) is 18.0. The topological polar surface area (TPSA) is 74.2 Å². The summed E-state index contributed by atoms with van der Waals surface area (Å²) in [5, 5.41) is 18.2. The predicted octanol–water partition coefficient (Wildman–Crippen LogP) is 5.72. The molecule has 0 radical (unpaired) electrons. The van der Waals surface area contributed by atoms with Crippen molar-refractivity contribution in [2.24, 2.45) is 0 Å². The summed E-state index contributed by atoms with van der Waals surface area (Å²) in [5.41, 5.74) is 6.83. The number of nitrogens with one attached hydrogen (secondary N) is 2. The summed E-state index contributed by atoms with van der Waals surface area (Å²) in [6, 6.07) is 18.8. The molecule has 2 heterocycles. The normalized spacial score (nSPS) is 14.5. The Labute approximate surface area is 184 Å². The third-order valence-electron chi connectivity index (χ3n) is 5.95. The van der Waals surface area contributed by atoms with Crippen LogP contribution in [0.1, 0.15) is 24.0 Å². The number of hydrogen-bond acceptors (Lipinski definition) is 5. The standard InChI is InChI=1S/C25H23N3O2S/c1-16-19(18-6-3-2-4-7-18)8-5-9-20(16)28-21-15-31-22-12-17(13-26-23(21)22)14-27-25(10-11-25)24(29)30/h2-9,12-13,15,27-28H,10-11,14H2,1H3,(H,29,30). The van der Waals surface area contributed by atoms with E-state index in [1.807, 2.05) is 12.3 Å². The molecule has 1 fully saturated rings. The van der Waals surface area contributed by atoms with E-state index in [2.05, 4.69) is 76.5 Å². The van der Waals surface area contributed by atoms with E-state index in [0.29, 0.717) is 19.4 Å². The van der Waals surface area contributed by atoms with Crippen LogP contribution in [0.25, 0.3) is 21.3 Å². The van der Waals surface area contributed by atoms with Gasteiger partial charge in [0.1, 0.15) is 11.1 Å². The molecule has 0 saturated heterocycles. The summed E-state index contributed by atoms with van der Waals surface area (Å²) in [6.07, 6.45) is 3.21. The minimum Gasteiger partial charge on any atom is -0.480 e. The van der Waals surface area contributed by atoms with Crippen molar-refractivity contribution in [3.05, 3.63) is 77.3 Å². The maximum atomic E-state index is 11.4. The molecular weight excluding hydrogens is 406 g/mol. The van der Waals surface area contributed by atoms with Crippen molar-refractivity contribution in [3.8, 4) is 11.1 Å². The fourth-order valence-electron chi connectivity index (χ4n) is 3.85. The Morgan fingerprint density at radius 3 is 2.68 bits per heavy atom. The second kappa shape index (κ2) is 7.80. The number of thiophene rings is 1. The van der Waals surface area contributed by atoms with Crippen LogP contribution in [0, 0.1) is 6.92 Å². The number of pyridine rings is 1. The molecule has 2 aromatic heterocycles. The minimum atomic E-state index is -0.766. The van der Waals surface area contributed by atoms with Gasteiger partial charge >= 0.3 is 5.97 Å². The van der Waals surface area contributed by atoms with Gasteiger partial charge in [-0.25, -0.2) is 0 Å². The third-order valence-corrected chi connectivity index (χ3v) is 6.87. The number of carbonyl (C=O) groups is 1. The van der Waals surface area contributed by atoms with E-state index in [9.17, 15) is 9.90 Å². The lowest BCUT2D eigenvalue weighted by Gasteiger charge is -2.13. The van der Waals surface area contributed by atoms with Gasteiger partial charge in [0.2, 0.25) is 0 Å². The number of benzene rings is 2. The van der Waals surface area contributed by atoms with Gasteiger partial charge in [0.25, 0.3) is 0 Å². The van der Waals surface area contributed by atoms with Gasteiger partial charge in [-0.2, -0.15) is 0 Å². The average molecular weight is 430 g/mol. The van der Waals surface area contributed by atoms with Gasteiger partial charge in [0.05, 0.1) is 10.4 Å². The van der Waals surface area contributed by atoms with E-state index in [1.165, 1.54) is 16.7 Å². The number of nitrogens with zero attached hydrogens (tertiary/aromatic N) is 1. The fourth-order valence-corrected chi connectivity index (χ4v) is 4.76. The number of hydrogen-bond donors (Lipinski definition) is 3. The third kappa shape index (κ3) is 3.80. The molecule has 5 nitrogen and oxygen atoms in total. The van der Waals surface area contributed by atoms with Crippen molar-refractivity contribution in [2.45, 2.75) is 31.8 Å². The summed E-state index contributed by atoms with van der Waals surface area (Å²) in [7, 11) is 0. The molecule has 0 spiro atoms. The van der Waals surface area contributed by atoms with Crippen molar-refractivity contribution in [1.29, 1.82) is 0 Å². The summed E-state index contributed by atoms with van der Waals surface area (Å²) in [4.78, 5) is 16.0. The monoisotopic (exact) mass is 429 g/mol. The molecule has 31 heavy (non-hydrogen) atoms. The molecule has 0 unspecified atom stereocenters. The van der Waals surface area contributed by atoms with Crippen LogP contribution >= 0.6 is 11.3 Å². The molecule has 4 aromatic rings. The van der Waals surface area contributed by atoms with E-state index in [0.717, 1.165) is 27.2 Å². The lowest BCUT2D eigenvalue weighted by molar-refractivity contribution is -0.140. The first-order chi connectivity index (χ1) is 15.1. The Balaban J connectivity index is 1.38. The molecule has 156 valence electrons. The van der Waals surface area contributed by atoms with Gasteiger partial charge in [0.15, 0.2) is 0 Å². The van der Waals surface area contributed by atoms with Crippen molar-refractivity contribution >= 4 is 38.9 Å². The molecular formula is C25H23N3O2S. The Morgan fingerprint density at radius 2 is 1.94 bits per heavy atom. The van der Waals surface area contributed by atoms with Crippen LogP contribution in [0.15, 0.2) is 66.2 Å². The van der Waals surface area contributed by atoms with Crippen molar-refractivity contribution in [2.75, 3.05) is 5.32 Å². The maximum Gasteiger partial charge on any atom is 0.323 e. The molecule has 0 amide bonds. The van der Waals surface area contributed by atoms with Crippen LogP contribution in [-0.2, 0) is 11.3 Å². The highest BCUT2D eigenvalue weighted by molar-refractivity contribution is 7.17. The number of anilines is 2. The molecule has 1 aliphatic rings. The Bertz CT molecular complexity index is 1260. The zero-order chi connectivity index (χ0) is 21.4. The summed E-state index contributed by atoms with van der Waals surface area (Å²) in [5.74, 6) is -0.766. The Morgan fingerprint density at radius 1 is 1.13 bits per heavy atom. The summed E-state index contributed by atoms with van der Waals surface area (Å²) in [6.45, 7) is 2.64. The molecule has 0 aliphatic heterocycles. The van der Waals surface area contributed by atoms with Gasteiger partial charge in [-0.15, -0.1) is 11.3 Å². The van der Waals surface area contributed by atoms with Gasteiger partial charge in [-0.05, 0) is 54.2 Å². The molecule has 1 aliphatic carbocycles. The predicted molar refractivity (Wildman–Crippen MR) is 126 cm³/mol. The second-order valence-corrected chi connectivity index (χ2v) is 8.96. The summed E-state index contributed by atoms with van der Waals surface area (Å²) < 4.78 is 1.08. The lowest BCUT2D eigenvalue weighted by Crippen LogP contribution is -2.38. The number of aliphatic carboxylic acids is 1. The molecule has 1 saturated carbocycles. The van der Waals surface area contributed by atoms with Gasteiger partial charge in [-0.1, -0.05) is 42.5 Å². The van der Waals surface area contributed by atoms with Crippen molar-refractivity contribution in [3.63, 3.8) is 0 Å². The number of rotatable bonds is 7. The zero-order valence-electron chi connectivity index (χ0n) is 17.2. The van der Waals surface area contributed by atoms with Gasteiger partial charge < -0.3 is 10.4 Å². The molecule has 2 aromatic carbocycles. The molecule has 5 rings (SSSR count). The van der Waals surface area contributed by atoms with Crippen molar-refractivity contribution < 1.29 is 9.90 Å². The van der Waals surface area contributed by atoms with E-state index in [1.54, 1.807) is 11.3 Å². The van der Waals surface area contributed by atoms with Crippen LogP contribution in [0.2, 0.25) is 0 Å². The van der Waals surface area contributed by atoms with Crippen LogP contribution < -0.4 is 10.6 Å². The highest BCUT2D eigenvalue weighted by Crippen LogP contribution is 2.37. The quantitative estimate of drug-likeness (QED) is 0.350. The van der Waals surface area contributed by atoms with E-state index >= 15 is 0 Å². The summed E-state index contributed by atoms with van der Waals surface area (Å²) >= 11 is 1.64. The number of carboxylic acid groups (broad SMARTS) is 1. The first-order valence-corrected chi connectivity index (χ1v) is 11.2. The number of carboxylic acids is 1. The van der Waals surface area contributed by atoms with Crippen LogP contribution in [0.3, 0.4) is 0 Å². The molecule has 3 N–H and O–H groups in total. The van der Waals surface area contributed by atoms with E-state index in [-0.39, 0.29) is 0 Å². The van der Waals surface area contributed by atoms with Crippen molar-refractivity contribution in [1.82, 2.24) is 10.3 Å². The van der Waals surface area contributed by atoms with Crippen LogP contribution in [-0.4, -0.2) is 21.6 Å². The SMILES string of the molecule is Cc1c(Nc2csc3cc(CNC4(C(=O)O)CC4)cnc23)cccc1-c1ccccc1. The van der Waals surface area contributed by atoms with E-state index in [4.69, 9.17) is 0 Å². The molecule has 0 bridgehead atoms. The maximum absolute atomic E-state index is 11.4. The smallest absolute Gasteiger partial charge is 0.323 e. The number of aromatic nitrogens is 1. The van der Waals surface area contributed by atoms with E-state index < -0.39 is 11.5 Å². The highest BCUT2D eigenvalue weighted by Gasteiger charge is 2.49. The second-order valence-electron chi connectivity index (χ2n) is 8.05. The number of fused-ring (bicyclic) bond motifs is 1. The van der Waals surface area contributed by atoms with Gasteiger partial charge in [-0.3, -0.25) is 15.1 Å². The first kappa shape index (κ1) is 19.7.